The Morgan fingerprint density at radius 1 is 1.27 bits per heavy atom. The van der Waals surface area contributed by atoms with Crippen molar-refractivity contribution in [2.24, 2.45) is 4.99 Å². The number of aryl methyl sites for hydroxylation is 1. The molecule has 1 aromatic rings. The molecule has 1 aromatic carbocycles. The Morgan fingerprint density at radius 3 is 2.95 bits per heavy atom. The van der Waals surface area contributed by atoms with Gasteiger partial charge in [0.1, 0.15) is 0 Å². The van der Waals surface area contributed by atoms with Gasteiger partial charge < -0.3 is 10.6 Å². The Hall–Kier alpha value is -1.16. The van der Waals surface area contributed by atoms with Gasteiger partial charge >= 0.3 is 0 Å². The van der Waals surface area contributed by atoms with Crippen molar-refractivity contribution in [3.63, 3.8) is 0 Å². The van der Waals surface area contributed by atoms with E-state index in [9.17, 15) is 0 Å². The van der Waals surface area contributed by atoms with Crippen LogP contribution >= 0.6 is 11.8 Å². The summed E-state index contributed by atoms with van der Waals surface area (Å²) in [5, 5.41) is 6.93. The van der Waals surface area contributed by atoms with E-state index >= 15 is 0 Å². The van der Waals surface area contributed by atoms with Gasteiger partial charge in [-0.15, -0.1) is 0 Å². The van der Waals surface area contributed by atoms with E-state index < -0.39 is 0 Å². The molecule has 4 heteroatoms. The van der Waals surface area contributed by atoms with Gasteiger partial charge in [0, 0.05) is 26.1 Å². The fourth-order valence-electron chi connectivity index (χ4n) is 3.09. The Balaban J connectivity index is 1.77. The summed E-state index contributed by atoms with van der Waals surface area (Å²) < 4.78 is 0. The maximum atomic E-state index is 4.34. The summed E-state index contributed by atoms with van der Waals surface area (Å²) >= 11 is 1.92. The molecule has 0 aliphatic heterocycles. The zero-order valence-corrected chi connectivity index (χ0v) is 14.7. The number of nitrogens with zero attached hydrogens (tertiary/aromatic N) is 1. The highest BCUT2D eigenvalue weighted by Crippen LogP contribution is 2.30. The summed E-state index contributed by atoms with van der Waals surface area (Å²) in [7, 11) is 1.85. The third kappa shape index (κ3) is 5.24. The van der Waals surface area contributed by atoms with Crippen LogP contribution in [0.4, 0.5) is 0 Å². The zero-order chi connectivity index (χ0) is 15.6. The number of hydrogen-bond acceptors (Lipinski definition) is 2. The average molecular weight is 320 g/mol. The molecule has 0 fully saturated rings. The number of rotatable bonds is 7. The minimum Gasteiger partial charge on any atom is -0.356 e. The molecule has 0 saturated carbocycles. The highest BCUT2D eigenvalue weighted by molar-refractivity contribution is 7.98. The van der Waals surface area contributed by atoms with Gasteiger partial charge in [-0.1, -0.05) is 24.3 Å². The van der Waals surface area contributed by atoms with E-state index in [1.807, 2.05) is 18.8 Å². The van der Waals surface area contributed by atoms with Crippen LogP contribution in [0.15, 0.2) is 29.3 Å². The number of guanidine groups is 1. The molecule has 0 bridgehead atoms. The topological polar surface area (TPSA) is 36.4 Å². The smallest absolute Gasteiger partial charge is 0.190 e. The lowest BCUT2D eigenvalue weighted by Gasteiger charge is -2.26. The predicted octanol–water partition coefficient (Wildman–Crippen LogP) is 3.41. The number of unbranched alkanes of at least 4 members (excludes halogenated alkanes) is 1. The second kappa shape index (κ2) is 9.78. The van der Waals surface area contributed by atoms with E-state index in [1.54, 1.807) is 0 Å². The first-order chi connectivity index (χ1) is 10.8. The molecule has 1 atom stereocenters. The summed E-state index contributed by atoms with van der Waals surface area (Å²) in [6.07, 6.45) is 8.43. The predicted molar refractivity (Wildman–Crippen MR) is 99.1 cm³/mol. The third-order valence-corrected chi connectivity index (χ3v) is 5.00. The molecular weight excluding hydrogens is 290 g/mol. The first-order valence-corrected chi connectivity index (χ1v) is 9.75. The Kier molecular flexibility index (Phi) is 7.64. The van der Waals surface area contributed by atoms with Gasteiger partial charge in [0.05, 0.1) is 0 Å². The van der Waals surface area contributed by atoms with Gasteiger partial charge in [-0.3, -0.25) is 4.99 Å². The monoisotopic (exact) mass is 319 g/mol. The summed E-state index contributed by atoms with van der Waals surface area (Å²) in [5.74, 6) is 2.79. The average Bonchev–Trinajstić information content (AvgIpc) is 2.57. The lowest BCUT2D eigenvalue weighted by Crippen LogP contribution is -2.40. The minimum atomic E-state index is 0.611. The first kappa shape index (κ1) is 17.2. The van der Waals surface area contributed by atoms with Crippen molar-refractivity contribution in [1.29, 1.82) is 0 Å². The van der Waals surface area contributed by atoms with Crippen LogP contribution in [-0.4, -0.2) is 38.1 Å². The standard InChI is InChI=1S/C18H29N3S/c1-19-18(20-12-5-6-13-22-2)21-14-16-10-7-9-15-8-3-4-11-17(15)16/h3-4,8,11,16H,5-7,9-10,12-14H2,1-2H3,(H2,19,20,21). The van der Waals surface area contributed by atoms with Crippen LogP contribution in [-0.2, 0) is 6.42 Å². The highest BCUT2D eigenvalue weighted by atomic mass is 32.2. The van der Waals surface area contributed by atoms with Crippen LogP contribution in [0.3, 0.4) is 0 Å². The highest BCUT2D eigenvalue weighted by Gasteiger charge is 2.19. The number of aliphatic imine (C=N–C) groups is 1. The quantitative estimate of drug-likeness (QED) is 0.459. The van der Waals surface area contributed by atoms with E-state index in [1.165, 1.54) is 49.0 Å². The molecule has 1 aliphatic rings. The van der Waals surface area contributed by atoms with E-state index in [-0.39, 0.29) is 0 Å². The Bertz CT molecular complexity index is 473. The third-order valence-electron chi connectivity index (χ3n) is 4.30. The molecule has 0 radical (unpaired) electrons. The number of thioether (sulfide) groups is 1. The molecular formula is C18H29N3S. The van der Waals surface area contributed by atoms with Crippen molar-refractivity contribution in [3.8, 4) is 0 Å². The molecule has 0 saturated heterocycles. The van der Waals surface area contributed by atoms with E-state index in [0.29, 0.717) is 5.92 Å². The van der Waals surface area contributed by atoms with Gasteiger partial charge in [0.25, 0.3) is 0 Å². The van der Waals surface area contributed by atoms with Gasteiger partial charge in [-0.05, 0) is 55.2 Å². The molecule has 0 heterocycles. The molecule has 2 rings (SSSR count). The molecule has 122 valence electrons. The van der Waals surface area contributed by atoms with Gasteiger partial charge in [-0.25, -0.2) is 0 Å². The number of benzene rings is 1. The van der Waals surface area contributed by atoms with Crippen LogP contribution in [0.25, 0.3) is 0 Å². The molecule has 3 nitrogen and oxygen atoms in total. The summed E-state index contributed by atoms with van der Waals surface area (Å²) in [6, 6.07) is 8.89. The maximum absolute atomic E-state index is 4.34. The normalized spacial score (nSPS) is 17.9. The largest absolute Gasteiger partial charge is 0.356 e. The van der Waals surface area contributed by atoms with Crippen molar-refractivity contribution in [1.82, 2.24) is 10.6 Å². The first-order valence-electron chi connectivity index (χ1n) is 8.36. The van der Waals surface area contributed by atoms with Crippen molar-refractivity contribution in [2.75, 3.05) is 32.1 Å². The molecule has 0 amide bonds. The van der Waals surface area contributed by atoms with Gasteiger partial charge in [0.2, 0.25) is 0 Å². The number of fused-ring (bicyclic) bond motifs is 1. The number of hydrogen-bond donors (Lipinski definition) is 2. The van der Waals surface area contributed by atoms with Crippen molar-refractivity contribution < 1.29 is 0 Å². The van der Waals surface area contributed by atoms with Crippen LogP contribution in [0.1, 0.15) is 42.7 Å². The Morgan fingerprint density at radius 2 is 2.14 bits per heavy atom. The van der Waals surface area contributed by atoms with Crippen molar-refractivity contribution >= 4 is 17.7 Å². The lowest BCUT2D eigenvalue weighted by atomic mass is 9.83. The zero-order valence-electron chi connectivity index (χ0n) is 13.9. The molecule has 0 aromatic heterocycles. The fourth-order valence-corrected chi connectivity index (χ4v) is 3.58. The SMILES string of the molecule is CN=C(NCCCCSC)NCC1CCCc2ccccc21. The van der Waals surface area contributed by atoms with Crippen molar-refractivity contribution in [2.45, 2.75) is 38.0 Å². The molecule has 22 heavy (non-hydrogen) atoms. The van der Waals surface area contributed by atoms with Crippen LogP contribution in [0.5, 0.6) is 0 Å². The summed E-state index contributed by atoms with van der Waals surface area (Å²) in [6.45, 7) is 1.98. The second-order valence-corrected chi connectivity index (χ2v) is 6.85. The van der Waals surface area contributed by atoms with Crippen molar-refractivity contribution in [3.05, 3.63) is 35.4 Å². The van der Waals surface area contributed by atoms with E-state index in [4.69, 9.17) is 0 Å². The minimum absolute atomic E-state index is 0.611. The molecule has 1 aliphatic carbocycles. The summed E-state index contributed by atoms with van der Waals surface area (Å²) in [4.78, 5) is 4.34. The molecule has 2 N–H and O–H groups in total. The second-order valence-electron chi connectivity index (χ2n) is 5.87. The van der Waals surface area contributed by atoms with Crippen LogP contribution in [0.2, 0.25) is 0 Å². The summed E-state index contributed by atoms with van der Waals surface area (Å²) in [5.41, 5.74) is 3.05. The fraction of sp³-hybridized carbons (Fsp3) is 0.611. The maximum Gasteiger partial charge on any atom is 0.190 e. The molecule has 1 unspecified atom stereocenters. The van der Waals surface area contributed by atoms with Crippen LogP contribution < -0.4 is 10.6 Å². The van der Waals surface area contributed by atoms with Crippen LogP contribution in [0, 0.1) is 0 Å². The molecule has 0 spiro atoms. The van der Waals surface area contributed by atoms with Gasteiger partial charge in [-0.2, -0.15) is 11.8 Å². The lowest BCUT2D eigenvalue weighted by molar-refractivity contribution is 0.539. The van der Waals surface area contributed by atoms with E-state index in [0.717, 1.165) is 19.0 Å². The van der Waals surface area contributed by atoms with E-state index in [2.05, 4.69) is 46.1 Å². The number of nitrogens with one attached hydrogen (secondary N) is 2. The Labute approximate surface area is 139 Å². The van der Waals surface area contributed by atoms with Gasteiger partial charge in [0.15, 0.2) is 5.96 Å².